The fourth-order valence-electron chi connectivity index (χ4n) is 4.60. The van der Waals surface area contributed by atoms with Gasteiger partial charge in [0.1, 0.15) is 11.7 Å². The third-order valence-electron chi connectivity index (χ3n) is 6.31. The highest BCUT2D eigenvalue weighted by Gasteiger charge is 2.52. The van der Waals surface area contributed by atoms with Crippen molar-refractivity contribution in [3.05, 3.63) is 35.4 Å². The predicted molar refractivity (Wildman–Crippen MR) is 96.3 cm³/mol. The van der Waals surface area contributed by atoms with Crippen molar-refractivity contribution >= 4 is 5.91 Å². The van der Waals surface area contributed by atoms with Crippen LogP contribution in [0.5, 0.6) is 0 Å². The molecule has 142 valence electrons. The van der Waals surface area contributed by atoms with Crippen molar-refractivity contribution in [1.29, 1.82) is 0 Å². The van der Waals surface area contributed by atoms with Crippen LogP contribution in [0.1, 0.15) is 37.3 Å². The van der Waals surface area contributed by atoms with Gasteiger partial charge in [-0.2, -0.15) is 0 Å². The molecule has 0 unspecified atom stereocenters. The number of piperidine rings is 1. The van der Waals surface area contributed by atoms with Crippen LogP contribution in [0.2, 0.25) is 0 Å². The first kappa shape index (κ1) is 17.9. The molecule has 1 spiro atoms. The quantitative estimate of drug-likeness (QED) is 0.820. The van der Waals surface area contributed by atoms with Crippen molar-refractivity contribution in [2.75, 3.05) is 26.2 Å². The van der Waals surface area contributed by atoms with Crippen LogP contribution < -0.4 is 0 Å². The minimum absolute atomic E-state index is 0.129. The van der Waals surface area contributed by atoms with E-state index < -0.39 is 17.3 Å². The summed E-state index contributed by atoms with van der Waals surface area (Å²) in [5, 5.41) is 21.0. The third-order valence-corrected chi connectivity index (χ3v) is 6.31. The molecular formula is C20H28N2O4. The first-order chi connectivity index (χ1) is 12.4. The minimum Gasteiger partial charge on any atom is -0.387 e. The Labute approximate surface area is 154 Å². The highest BCUT2D eigenvalue weighted by Crippen LogP contribution is 2.39. The maximum Gasteiger partial charge on any atom is 0.236 e. The highest BCUT2D eigenvalue weighted by atomic mass is 16.5. The summed E-state index contributed by atoms with van der Waals surface area (Å²) in [5.41, 5.74) is 0.770. The molecule has 0 bridgehead atoms. The van der Waals surface area contributed by atoms with Gasteiger partial charge in [-0.25, -0.2) is 0 Å². The summed E-state index contributed by atoms with van der Waals surface area (Å²) in [7, 11) is 0. The number of aliphatic hydroxyl groups excluding tert-OH is 1. The van der Waals surface area contributed by atoms with E-state index in [1.54, 1.807) is 6.92 Å². The Bertz CT molecular complexity index is 657. The molecule has 26 heavy (non-hydrogen) atoms. The zero-order valence-corrected chi connectivity index (χ0v) is 15.4. The number of carbonyl (C=O) groups is 1. The number of rotatable bonds is 2. The SMILES string of the molecule is C[C@@]1(O)CCOC2(CCN(C(=O)CN3Cc4ccccc4C3)CC2)[C@H]1O. The van der Waals surface area contributed by atoms with Gasteiger partial charge in [0.2, 0.25) is 5.91 Å². The molecule has 0 radical (unpaired) electrons. The second kappa shape index (κ2) is 6.60. The molecule has 2 saturated heterocycles. The van der Waals surface area contributed by atoms with Gasteiger partial charge < -0.3 is 19.8 Å². The Morgan fingerprint density at radius 1 is 1.19 bits per heavy atom. The maximum atomic E-state index is 12.7. The van der Waals surface area contributed by atoms with Crippen LogP contribution >= 0.6 is 0 Å². The molecule has 0 aliphatic carbocycles. The molecule has 0 saturated carbocycles. The number of ether oxygens (including phenoxy) is 1. The van der Waals surface area contributed by atoms with Crippen LogP contribution in [0.3, 0.4) is 0 Å². The number of aliphatic hydroxyl groups is 2. The standard InChI is InChI=1S/C20H28N2O4/c1-19(25)8-11-26-20(18(19)24)6-9-22(10-7-20)17(23)14-21-12-15-4-2-3-5-16(15)13-21/h2-5,18,24-25H,6-14H2,1H3/t18-,19+/m0/s1. The Morgan fingerprint density at radius 3 is 2.42 bits per heavy atom. The van der Waals surface area contributed by atoms with Crippen LogP contribution in [-0.4, -0.2) is 69.5 Å². The summed E-state index contributed by atoms with van der Waals surface area (Å²) in [6, 6.07) is 8.33. The zero-order chi connectivity index (χ0) is 18.4. The Hall–Kier alpha value is -1.47. The lowest BCUT2D eigenvalue weighted by atomic mass is 9.75. The van der Waals surface area contributed by atoms with Gasteiger partial charge in [-0.15, -0.1) is 0 Å². The summed E-state index contributed by atoms with van der Waals surface area (Å²) in [6.07, 6.45) is 0.662. The number of hydrogen-bond acceptors (Lipinski definition) is 5. The molecule has 3 heterocycles. The molecule has 1 amide bonds. The molecule has 2 atom stereocenters. The summed E-state index contributed by atoms with van der Waals surface area (Å²) in [6.45, 7) is 5.31. The molecule has 6 nitrogen and oxygen atoms in total. The van der Waals surface area contributed by atoms with E-state index in [4.69, 9.17) is 4.74 Å². The minimum atomic E-state index is -1.12. The zero-order valence-electron chi connectivity index (χ0n) is 15.4. The maximum absolute atomic E-state index is 12.7. The lowest BCUT2D eigenvalue weighted by Crippen LogP contribution is -2.64. The van der Waals surface area contributed by atoms with E-state index in [0.717, 1.165) is 13.1 Å². The average molecular weight is 360 g/mol. The van der Waals surface area contributed by atoms with Gasteiger partial charge in [-0.05, 0) is 30.9 Å². The second-order valence-electron chi connectivity index (χ2n) is 8.22. The summed E-state index contributed by atoms with van der Waals surface area (Å²) < 4.78 is 5.90. The summed E-state index contributed by atoms with van der Waals surface area (Å²) in [4.78, 5) is 16.8. The molecular weight excluding hydrogens is 332 g/mol. The number of fused-ring (bicyclic) bond motifs is 1. The van der Waals surface area contributed by atoms with Crippen LogP contribution in [0.25, 0.3) is 0 Å². The van der Waals surface area contributed by atoms with E-state index in [2.05, 4.69) is 17.0 Å². The van der Waals surface area contributed by atoms with Crippen LogP contribution in [0, 0.1) is 0 Å². The van der Waals surface area contributed by atoms with E-state index in [1.165, 1.54) is 11.1 Å². The monoisotopic (exact) mass is 360 g/mol. The van der Waals surface area contributed by atoms with E-state index in [1.807, 2.05) is 17.0 Å². The number of nitrogens with zero attached hydrogens (tertiary/aromatic N) is 2. The molecule has 0 aromatic heterocycles. The van der Waals surface area contributed by atoms with Crippen molar-refractivity contribution in [1.82, 2.24) is 9.80 Å². The molecule has 6 heteroatoms. The summed E-state index contributed by atoms with van der Waals surface area (Å²) in [5.74, 6) is 0.129. The number of likely N-dealkylation sites (tertiary alicyclic amines) is 1. The number of hydrogen-bond donors (Lipinski definition) is 2. The molecule has 4 rings (SSSR count). The number of carbonyl (C=O) groups excluding carboxylic acids is 1. The van der Waals surface area contributed by atoms with Crippen LogP contribution in [0.15, 0.2) is 24.3 Å². The smallest absolute Gasteiger partial charge is 0.236 e. The molecule has 3 aliphatic rings. The van der Waals surface area contributed by atoms with Gasteiger partial charge in [-0.3, -0.25) is 9.69 Å². The van der Waals surface area contributed by atoms with E-state index in [0.29, 0.717) is 45.5 Å². The van der Waals surface area contributed by atoms with E-state index >= 15 is 0 Å². The van der Waals surface area contributed by atoms with Crippen molar-refractivity contribution in [3.8, 4) is 0 Å². The molecule has 1 aromatic carbocycles. The van der Waals surface area contributed by atoms with Gasteiger partial charge in [0.15, 0.2) is 0 Å². The van der Waals surface area contributed by atoms with Gasteiger partial charge in [-0.1, -0.05) is 24.3 Å². The Balaban J connectivity index is 1.33. The fraction of sp³-hybridized carbons (Fsp3) is 0.650. The van der Waals surface area contributed by atoms with Crippen molar-refractivity contribution in [3.63, 3.8) is 0 Å². The van der Waals surface area contributed by atoms with E-state index in [9.17, 15) is 15.0 Å². The summed E-state index contributed by atoms with van der Waals surface area (Å²) >= 11 is 0. The van der Waals surface area contributed by atoms with E-state index in [-0.39, 0.29) is 5.91 Å². The highest BCUT2D eigenvalue weighted by molar-refractivity contribution is 5.78. The van der Waals surface area contributed by atoms with Gasteiger partial charge in [0.05, 0.1) is 18.8 Å². The second-order valence-corrected chi connectivity index (χ2v) is 8.22. The number of amides is 1. The molecule has 2 fully saturated rings. The van der Waals surface area contributed by atoms with Gasteiger partial charge in [0, 0.05) is 32.6 Å². The predicted octanol–water partition coefficient (Wildman–Crippen LogP) is 0.896. The Morgan fingerprint density at radius 2 is 1.81 bits per heavy atom. The largest absolute Gasteiger partial charge is 0.387 e. The topological polar surface area (TPSA) is 73.2 Å². The van der Waals surface area contributed by atoms with Crippen LogP contribution in [0.4, 0.5) is 0 Å². The molecule has 1 aromatic rings. The number of benzene rings is 1. The molecule has 2 N–H and O–H groups in total. The van der Waals surface area contributed by atoms with Gasteiger partial charge >= 0.3 is 0 Å². The first-order valence-corrected chi connectivity index (χ1v) is 9.51. The van der Waals surface area contributed by atoms with Crippen molar-refractivity contribution in [2.45, 2.75) is 56.6 Å². The third kappa shape index (κ3) is 3.16. The van der Waals surface area contributed by atoms with Gasteiger partial charge in [0.25, 0.3) is 0 Å². The van der Waals surface area contributed by atoms with Crippen molar-refractivity contribution in [2.24, 2.45) is 0 Å². The lowest BCUT2D eigenvalue weighted by molar-refractivity contribution is -0.245. The fourth-order valence-corrected chi connectivity index (χ4v) is 4.60. The molecule has 3 aliphatic heterocycles. The van der Waals surface area contributed by atoms with Crippen LogP contribution in [-0.2, 0) is 22.6 Å². The normalized spacial score (nSPS) is 31.2. The van der Waals surface area contributed by atoms with Crippen molar-refractivity contribution < 1.29 is 19.7 Å². The average Bonchev–Trinajstić information content (AvgIpc) is 3.02. The Kier molecular flexibility index (Phi) is 4.55. The lowest BCUT2D eigenvalue weighted by Gasteiger charge is -2.51. The first-order valence-electron chi connectivity index (χ1n) is 9.51.